The second kappa shape index (κ2) is 20.8. The van der Waals surface area contributed by atoms with Crippen LogP contribution in [0.15, 0.2) is 150 Å². The Labute approximate surface area is 443 Å². The summed E-state index contributed by atoms with van der Waals surface area (Å²) >= 11 is 0. The number of halogens is 1. The van der Waals surface area contributed by atoms with Gasteiger partial charge in [-0.3, -0.25) is 4.98 Å². The molecule has 0 saturated heterocycles. The maximum atomic E-state index is 13.9. The van der Waals surface area contributed by atoms with Gasteiger partial charge >= 0.3 is 0 Å². The zero-order valence-electron chi connectivity index (χ0n) is 48.9. The van der Waals surface area contributed by atoms with Crippen molar-refractivity contribution in [3.8, 4) is 39.5 Å². The summed E-state index contributed by atoms with van der Waals surface area (Å²) in [6, 6.07) is 48.8. The fourth-order valence-electron chi connectivity index (χ4n) is 8.87. The van der Waals surface area contributed by atoms with Crippen molar-refractivity contribution in [2.24, 2.45) is 5.41 Å². The number of benzene rings is 6. The fourth-order valence-corrected chi connectivity index (χ4v) is 10.3. The molecule has 5 nitrogen and oxygen atoms in total. The average Bonchev–Trinajstić information content (AvgIpc) is 4.11. The van der Waals surface area contributed by atoms with Crippen LogP contribution in [-0.4, -0.2) is 27.6 Å². The van der Waals surface area contributed by atoms with Crippen molar-refractivity contribution in [2.45, 2.75) is 99.5 Å². The Hall–Kier alpha value is -6.31. The van der Waals surface area contributed by atoms with Gasteiger partial charge in [-0.05, 0) is 111 Å². The fraction of sp³-hybridized carbons (Fsp3) is 0.254. The first-order chi connectivity index (χ1) is 36.2. The summed E-state index contributed by atoms with van der Waals surface area (Å²) in [6.07, 6.45) is -1.54. The van der Waals surface area contributed by atoms with E-state index >= 15 is 0 Å². The normalized spacial score (nSPS) is 14.0. The van der Waals surface area contributed by atoms with Gasteiger partial charge in [0.15, 0.2) is 0 Å². The average molecular weight is 1140 g/mol. The van der Waals surface area contributed by atoms with E-state index in [1.807, 2.05) is 93.6 Å². The number of aromatic nitrogens is 4. The standard InChI is InChI=1S/C43H35FN3O.C20H28NSi.Ir/c1-26(2)36-24-30(29-17-19-31(44)20-18-29)25-37(27(3)4)40(36)47-39-16-9-8-15-38(39)46-42(47)35-14-10-13-33-34-22-21-32(45-43(34)48-41(33)35)23-28-11-6-5-7-12-28;1-15-8-10-16(11-9-15)18-12-17(13-20(2,3)4)19(14-21-18)22(5,6)7;/h5-13,15-22,24-27H,23H2,1-4H3;8-10,12,14H,13H2,1-7H3;/q2*-1;/i23D2;1D3,13D2;. The van der Waals surface area contributed by atoms with Crippen LogP contribution in [0.4, 0.5) is 4.39 Å². The van der Waals surface area contributed by atoms with Crippen molar-refractivity contribution in [3.63, 3.8) is 0 Å². The predicted molar refractivity (Wildman–Crippen MR) is 293 cm³/mol. The van der Waals surface area contributed by atoms with E-state index in [1.54, 1.807) is 36.5 Å². The molecule has 0 aliphatic carbocycles. The maximum absolute atomic E-state index is 13.9. The molecular weight excluding hydrogens is 1070 g/mol. The van der Waals surface area contributed by atoms with Gasteiger partial charge < -0.3 is 14.0 Å². The van der Waals surface area contributed by atoms with Gasteiger partial charge in [0.1, 0.15) is 5.82 Å². The second-order valence-electron chi connectivity index (χ2n) is 20.5. The van der Waals surface area contributed by atoms with Crippen LogP contribution in [0.5, 0.6) is 0 Å². The van der Waals surface area contributed by atoms with Gasteiger partial charge in [0, 0.05) is 59.0 Å². The van der Waals surface area contributed by atoms with Gasteiger partial charge in [-0.25, -0.2) is 9.37 Å². The first-order valence-corrected chi connectivity index (χ1v) is 27.4. The molecule has 71 heavy (non-hydrogen) atoms. The molecule has 0 atom stereocenters. The Kier molecular flexibility index (Phi) is 12.4. The summed E-state index contributed by atoms with van der Waals surface area (Å²) in [5.74, 6) is 0.745. The number of rotatable bonds is 10. The van der Waals surface area contributed by atoms with Gasteiger partial charge in [-0.2, -0.15) is 0 Å². The van der Waals surface area contributed by atoms with Gasteiger partial charge in [0.2, 0.25) is 5.71 Å². The quantitative estimate of drug-likeness (QED) is 0.101. The summed E-state index contributed by atoms with van der Waals surface area (Å²) in [6.45, 7) is 18.9. The Balaban J connectivity index is 0.000000244. The van der Waals surface area contributed by atoms with E-state index < -0.39 is 33.1 Å². The van der Waals surface area contributed by atoms with Crippen LogP contribution in [-0.2, 0) is 32.9 Å². The molecular formula is C63H63FIrN4OSi-2. The molecule has 8 heteroatoms. The molecule has 10 rings (SSSR count). The molecule has 0 saturated carbocycles. The number of fused-ring (bicyclic) bond motifs is 4. The van der Waals surface area contributed by atoms with Gasteiger partial charge in [0.05, 0.1) is 30.5 Å². The predicted octanol–water partition coefficient (Wildman–Crippen LogP) is 16.4. The number of hydrogen-bond acceptors (Lipinski definition) is 4. The summed E-state index contributed by atoms with van der Waals surface area (Å²) in [7, 11) is -1.81. The van der Waals surface area contributed by atoms with Crippen LogP contribution in [0.2, 0.25) is 19.6 Å². The summed E-state index contributed by atoms with van der Waals surface area (Å²) in [5.41, 5.74) is 11.2. The number of furan rings is 1. The minimum atomic E-state index is -2.17. The Morgan fingerprint density at radius 2 is 1.48 bits per heavy atom. The molecule has 4 aromatic heterocycles. The van der Waals surface area contributed by atoms with Gasteiger partial charge in [-0.15, -0.1) is 53.6 Å². The molecule has 0 N–H and O–H groups in total. The van der Waals surface area contributed by atoms with E-state index in [1.165, 1.54) is 18.2 Å². The van der Waals surface area contributed by atoms with Crippen molar-refractivity contribution < 1.29 is 38.5 Å². The van der Waals surface area contributed by atoms with Crippen molar-refractivity contribution in [3.05, 3.63) is 197 Å². The number of imidazole rings is 1. The minimum absolute atomic E-state index is 0. The van der Waals surface area contributed by atoms with E-state index in [0.717, 1.165) is 54.9 Å². The number of pyridine rings is 2. The number of hydrogen-bond donors (Lipinski definition) is 0. The van der Waals surface area contributed by atoms with Crippen molar-refractivity contribution in [2.75, 3.05) is 0 Å². The monoisotopic (exact) mass is 1140 g/mol. The van der Waals surface area contributed by atoms with E-state index in [-0.39, 0.29) is 49.0 Å². The second-order valence-corrected chi connectivity index (χ2v) is 25.6. The molecule has 0 unspecified atom stereocenters. The smallest absolute Gasteiger partial charge is 0.216 e. The molecule has 0 fully saturated rings. The van der Waals surface area contributed by atoms with Crippen LogP contribution < -0.4 is 5.19 Å². The molecule has 1 radical (unpaired) electrons. The summed E-state index contributed by atoms with van der Waals surface area (Å²) in [4.78, 5) is 14.5. The first-order valence-electron chi connectivity index (χ1n) is 27.4. The Bertz CT molecular complexity index is 3760. The van der Waals surface area contributed by atoms with Gasteiger partial charge in [-0.1, -0.05) is 152 Å². The molecule has 0 amide bonds. The first kappa shape index (κ1) is 42.4. The zero-order chi connectivity index (χ0) is 55.6. The van der Waals surface area contributed by atoms with Crippen LogP contribution >= 0.6 is 0 Å². The third-order valence-electron chi connectivity index (χ3n) is 12.3. The Morgan fingerprint density at radius 1 is 0.775 bits per heavy atom. The van der Waals surface area contributed by atoms with Crippen LogP contribution in [0.25, 0.3) is 72.6 Å². The third-order valence-corrected chi connectivity index (χ3v) is 14.3. The SMILES string of the molecule is [2H]C([2H])([2H])c1c[c-]c(-c2cc(C([2H])([2H])C(C)(C)C)c([Si](C)(C)C)cn2)cc1.[2H]C([2H])(c1ccccc1)c1ccc2c(n1)oc1c(-c3nc4ccccc4n3-c3c(C(C)C)cc(-c4ccc(F)cc4)cc3C(C)C)[c-]ccc12.[Ir]. The molecule has 363 valence electrons. The number of para-hydroxylation sites is 2. The molecule has 0 spiro atoms. The molecule has 0 bridgehead atoms. The van der Waals surface area contributed by atoms with Crippen molar-refractivity contribution >= 4 is 46.4 Å². The summed E-state index contributed by atoms with van der Waals surface area (Å²) in [5, 5.41) is 2.65. The molecule has 4 heterocycles. The van der Waals surface area contributed by atoms with Crippen LogP contribution in [0, 0.1) is 30.2 Å². The van der Waals surface area contributed by atoms with E-state index in [2.05, 4.69) is 87.2 Å². The van der Waals surface area contributed by atoms with Crippen LogP contribution in [0.1, 0.15) is 103 Å². The number of nitrogens with zero attached hydrogens (tertiary/aromatic N) is 4. The largest absolute Gasteiger partial charge is 0.486 e. The summed E-state index contributed by atoms with van der Waals surface area (Å²) < 4.78 is 80.5. The molecule has 0 aliphatic heterocycles. The third kappa shape index (κ3) is 11.1. The van der Waals surface area contributed by atoms with Crippen LogP contribution in [0.3, 0.4) is 0 Å². The maximum Gasteiger partial charge on any atom is 0.216 e. The zero-order valence-corrected chi connectivity index (χ0v) is 45.3. The van der Waals surface area contributed by atoms with Crippen molar-refractivity contribution in [1.82, 2.24) is 19.5 Å². The minimum Gasteiger partial charge on any atom is -0.486 e. The topological polar surface area (TPSA) is 56.7 Å². The molecule has 10 aromatic rings. The molecule has 6 aromatic carbocycles. The number of aryl methyl sites for hydroxylation is 1. The Morgan fingerprint density at radius 3 is 2.13 bits per heavy atom. The van der Waals surface area contributed by atoms with Gasteiger partial charge in [0.25, 0.3) is 0 Å². The van der Waals surface area contributed by atoms with E-state index in [0.29, 0.717) is 45.1 Å². The van der Waals surface area contributed by atoms with E-state index in [9.17, 15) is 4.39 Å². The molecule has 0 aliphatic rings. The van der Waals surface area contributed by atoms with Crippen molar-refractivity contribution in [1.29, 1.82) is 0 Å². The van der Waals surface area contributed by atoms with E-state index in [4.69, 9.17) is 24.0 Å².